The summed E-state index contributed by atoms with van der Waals surface area (Å²) in [5.74, 6) is 1.76. The Kier molecular flexibility index (Phi) is 2.64. The van der Waals surface area contributed by atoms with Gasteiger partial charge in [0.2, 0.25) is 0 Å². The zero-order chi connectivity index (χ0) is 12.4. The van der Waals surface area contributed by atoms with E-state index in [1.54, 1.807) is 15.7 Å². The maximum absolute atomic E-state index is 5.49. The van der Waals surface area contributed by atoms with Crippen LogP contribution in [-0.4, -0.2) is 29.8 Å². The molecule has 0 fully saturated rings. The molecule has 0 bridgehead atoms. The van der Waals surface area contributed by atoms with Crippen LogP contribution < -0.4 is 0 Å². The highest BCUT2D eigenvalue weighted by Crippen LogP contribution is 2.08. The number of hydrogen-bond acceptors (Lipinski definition) is 5. The summed E-state index contributed by atoms with van der Waals surface area (Å²) in [7, 11) is 0. The van der Waals surface area contributed by atoms with Crippen molar-refractivity contribution < 1.29 is 4.42 Å². The van der Waals surface area contributed by atoms with Gasteiger partial charge >= 0.3 is 0 Å². The van der Waals surface area contributed by atoms with Gasteiger partial charge in [0, 0.05) is 0 Å². The fourth-order valence-electron chi connectivity index (χ4n) is 1.70. The highest BCUT2D eigenvalue weighted by Gasteiger charge is 2.05. The van der Waals surface area contributed by atoms with Crippen molar-refractivity contribution >= 4 is 0 Å². The van der Waals surface area contributed by atoms with Gasteiger partial charge in [-0.25, -0.2) is 14.3 Å². The maximum atomic E-state index is 5.49. The van der Waals surface area contributed by atoms with Crippen molar-refractivity contribution in [2.45, 2.75) is 20.0 Å². The normalized spacial score (nSPS) is 10.9. The molecule has 0 spiro atoms. The zero-order valence-electron chi connectivity index (χ0n) is 9.89. The van der Waals surface area contributed by atoms with Crippen molar-refractivity contribution in [3.05, 3.63) is 48.2 Å². The third-order valence-electron chi connectivity index (χ3n) is 2.49. The van der Waals surface area contributed by atoms with Gasteiger partial charge in [-0.3, -0.25) is 0 Å². The van der Waals surface area contributed by atoms with Gasteiger partial charge in [0.05, 0.1) is 12.7 Å². The fraction of sp³-hybridized carbons (Fsp3) is 0.273. The van der Waals surface area contributed by atoms with Crippen molar-refractivity contribution in [3.8, 4) is 0 Å². The van der Waals surface area contributed by atoms with Gasteiger partial charge in [-0.15, -0.1) is 5.10 Å². The van der Waals surface area contributed by atoms with E-state index in [4.69, 9.17) is 4.42 Å². The molecule has 3 aromatic heterocycles. The molecule has 0 N–H and O–H groups in total. The van der Waals surface area contributed by atoms with E-state index in [1.165, 1.54) is 6.33 Å². The van der Waals surface area contributed by atoms with Gasteiger partial charge in [-0.05, 0) is 19.1 Å². The molecule has 3 aromatic rings. The summed E-state index contributed by atoms with van der Waals surface area (Å²) < 4.78 is 8.93. The van der Waals surface area contributed by atoms with Crippen molar-refractivity contribution in [1.29, 1.82) is 0 Å². The number of furan rings is 1. The Hall–Kier alpha value is -2.44. The van der Waals surface area contributed by atoms with Crippen LogP contribution in [0.15, 0.2) is 35.4 Å². The van der Waals surface area contributed by atoms with Crippen LogP contribution in [0, 0.1) is 6.92 Å². The minimum atomic E-state index is 0.567. The van der Waals surface area contributed by atoms with Crippen LogP contribution in [-0.2, 0) is 13.1 Å². The summed E-state index contributed by atoms with van der Waals surface area (Å²) in [6.07, 6.45) is 5.02. The van der Waals surface area contributed by atoms with E-state index in [9.17, 15) is 0 Å². The van der Waals surface area contributed by atoms with E-state index >= 15 is 0 Å². The van der Waals surface area contributed by atoms with E-state index in [0.29, 0.717) is 13.1 Å². The predicted molar refractivity (Wildman–Crippen MR) is 61.7 cm³/mol. The lowest BCUT2D eigenvalue weighted by atomic mass is 10.4. The zero-order valence-corrected chi connectivity index (χ0v) is 9.89. The van der Waals surface area contributed by atoms with Crippen molar-refractivity contribution in [2.24, 2.45) is 0 Å². The summed E-state index contributed by atoms with van der Waals surface area (Å²) in [6, 6.07) is 3.87. The topological polar surface area (TPSA) is 74.6 Å². The molecule has 0 saturated carbocycles. The van der Waals surface area contributed by atoms with Gasteiger partial charge < -0.3 is 4.42 Å². The van der Waals surface area contributed by atoms with E-state index in [0.717, 1.165) is 17.2 Å². The quantitative estimate of drug-likeness (QED) is 0.680. The Bertz CT molecular complexity index is 624. The highest BCUT2D eigenvalue weighted by molar-refractivity contribution is 5.06. The average molecular weight is 244 g/mol. The van der Waals surface area contributed by atoms with Crippen LogP contribution >= 0.6 is 0 Å². The van der Waals surface area contributed by atoms with Crippen molar-refractivity contribution in [3.63, 3.8) is 0 Å². The van der Waals surface area contributed by atoms with Crippen LogP contribution in [0.25, 0.3) is 0 Å². The van der Waals surface area contributed by atoms with Gasteiger partial charge in [-0.1, -0.05) is 5.21 Å². The summed E-state index contributed by atoms with van der Waals surface area (Å²) >= 11 is 0. The lowest BCUT2D eigenvalue weighted by Crippen LogP contribution is -2.00. The van der Waals surface area contributed by atoms with Crippen LogP contribution in [0.5, 0.6) is 0 Å². The van der Waals surface area contributed by atoms with E-state index in [-0.39, 0.29) is 0 Å². The molecule has 0 aliphatic rings. The monoisotopic (exact) mass is 244 g/mol. The van der Waals surface area contributed by atoms with Crippen LogP contribution in [0.2, 0.25) is 0 Å². The third-order valence-corrected chi connectivity index (χ3v) is 2.49. The predicted octanol–water partition coefficient (Wildman–Crippen LogP) is 0.868. The molecule has 7 heteroatoms. The van der Waals surface area contributed by atoms with Crippen LogP contribution in [0.3, 0.4) is 0 Å². The molecule has 0 radical (unpaired) electrons. The molecular formula is C11H12N6O. The first-order valence-corrected chi connectivity index (χ1v) is 5.56. The Morgan fingerprint density at radius 3 is 2.89 bits per heavy atom. The van der Waals surface area contributed by atoms with Gasteiger partial charge in [-0.2, -0.15) is 5.10 Å². The van der Waals surface area contributed by atoms with Crippen LogP contribution in [0.4, 0.5) is 0 Å². The molecule has 3 rings (SSSR count). The minimum Gasteiger partial charge on any atom is -0.464 e. The van der Waals surface area contributed by atoms with Crippen molar-refractivity contribution in [1.82, 2.24) is 29.8 Å². The van der Waals surface area contributed by atoms with E-state index < -0.39 is 0 Å². The molecule has 92 valence electrons. The van der Waals surface area contributed by atoms with E-state index in [2.05, 4.69) is 20.4 Å². The van der Waals surface area contributed by atoms with Gasteiger partial charge in [0.1, 0.15) is 36.4 Å². The Labute approximate surface area is 103 Å². The average Bonchev–Trinajstić information content (AvgIpc) is 3.04. The summed E-state index contributed by atoms with van der Waals surface area (Å²) in [6.45, 7) is 3.07. The largest absolute Gasteiger partial charge is 0.464 e. The Morgan fingerprint density at radius 1 is 1.22 bits per heavy atom. The minimum absolute atomic E-state index is 0.567. The molecule has 0 aliphatic carbocycles. The van der Waals surface area contributed by atoms with Gasteiger partial charge in [0.15, 0.2) is 0 Å². The summed E-state index contributed by atoms with van der Waals surface area (Å²) in [4.78, 5) is 3.88. The molecule has 0 aliphatic heterocycles. The first kappa shape index (κ1) is 10.7. The third kappa shape index (κ3) is 2.29. The maximum Gasteiger partial charge on any atom is 0.137 e. The number of nitrogens with zero attached hydrogens (tertiary/aromatic N) is 6. The molecular weight excluding hydrogens is 232 g/mol. The standard InChI is InChI=1S/C11H12N6O/c1-9-2-3-11(18-9)6-16-4-10(14-15-16)5-17-8-12-7-13-17/h2-4,7-8H,5-6H2,1H3. The summed E-state index contributed by atoms with van der Waals surface area (Å²) in [5.41, 5.74) is 0.837. The number of rotatable bonds is 4. The fourth-order valence-corrected chi connectivity index (χ4v) is 1.70. The SMILES string of the molecule is Cc1ccc(Cn2cc(Cn3cncn3)nn2)o1. The molecule has 0 aromatic carbocycles. The first-order valence-electron chi connectivity index (χ1n) is 5.56. The Morgan fingerprint density at radius 2 is 2.17 bits per heavy atom. The lowest BCUT2D eigenvalue weighted by molar-refractivity contribution is 0.455. The number of aromatic nitrogens is 6. The molecule has 18 heavy (non-hydrogen) atoms. The smallest absolute Gasteiger partial charge is 0.137 e. The van der Waals surface area contributed by atoms with Crippen molar-refractivity contribution in [2.75, 3.05) is 0 Å². The van der Waals surface area contributed by atoms with Gasteiger partial charge in [0.25, 0.3) is 0 Å². The summed E-state index contributed by atoms with van der Waals surface area (Å²) in [5, 5.41) is 12.1. The molecule has 3 heterocycles. The molecule has 0 atom stereocenters. The second kappa shape index (κ2) is 4.44. The van der Waals surface area contributed by atoms with E-state index in [1.807, 2.05) is 25.3 Å². The molecule has 0 saturated heterocycles. The molecule has 7 nitrogen and oxygen atoms in total. The highest BCUT2D eigenvalue weighted by atomic mass is 16.3. The number of hydrogen-bond donors (Lipinski definition) is 0. The van der Waals surface area contributed by atoms with Crippen LogP contribution in [0.1, 0.15) is 17.2 Å². The second-order valence-corrected chi connectivity index (χ2v) is 4.01. The molecule has 0 amide bonds. The molecule has 0 unspecified atom stereocenters. The first-order chi connectivity index (χ1) is 8.79. The number of aryl methyl sites for hydroxylation is 1. The lowest BCUT2D eigenvalue weighted by Gasteiger charge is -1.96. The Balaban J connectivity index is 1.69. The second-order valence-electron chi connectivity index (χ2n) is 4.01.